The zero-order valence-corrected chi connectivity index (χ0v) is 17.6. The maximum absolute atomic E-state index is 12.9. The van der Waals surface area contributed by atoms with Crippen LogP contribution in [0.15, 0.2) is 36.7 Å². The van der Waals surface area contributed by atoms with Crippen molar-refractivity contribution in [3.05, 3.63) is 42.2 Å². The lowest BCUT2D eigenvalue weighted by molar-refractivity contribution is -0.366. The quantitative estimate of drug-likeness (QED) is 0.300. The fourth-order valence-electron chi connectivity index (χ4n) is 3.70. The first kappa shape index (κ1) is 22.2. The van der Waals surface area contributed by atoms with Gasteiger partial charge in [-0.3, -0.25) is 4.98 Å². The number of para-hydroxylation sites is 1. The van der Waals surface area contributed by atoms with Gasteiger partial charge in [-0.1, -0.05) is 16.0 Å². The lowest BCUT2D eigenvalue weighted by Crippen LogP contribution is -2.42. The van der Waals surface area contributed by atoms with E-state index in [4.69, 9.17) is 11.1 Å². The number of halogens is 1. The molecule has 1 aliphatic rings. The molecule has 162 valence electrons. The third-order valence-electron chi connectivity index (χ3n) is 5.21. The minimum absolute atomic E-state index is 0.119. The molecule has 1 saturated heterocycles. The van der Waals surface area contributed by atoms with E-state index in [2.05, 4.69) is 20.1 Å². The van der Waals surface area contributed by atoms with Gasteiger partial charge >= 0.3 is 10.5 Å². The highest BCUT2D eigenvalue weighted by atomic mass is 32.3. The molecule has 2 aromatic rings. The number of anilines is 1. The summed E-state index contributed by atoms with van der Waals surface area (Å²) in [5.41, 5.74) is 8.43. The number of nitrogens with two attached hydrogens (primary N) is 1. The van der Waals surface area contributed by atoms with E-state index in [1.54, 1.807) is 29.8 Å². The van der Waals surface area contributed by atoms with E-state index in [0.717, 1.165) is 19.0 Å². The van der Waals surface area contributed by atoms with Crippen LogP contribution in [0.5, 0.6) is 5.75 Å². The summed E-state index contributed by atoms with van der Waals surface area (Å²) in [6.45, 7) is 1.26. The van der Waals surface area contributed by atoms with Crippen molar-refractivity contribution in [3.8, 4) is 22.9 Å². The molecule has 0 aliphatic carbocycles. The molecule has 2 heterocycles. The summed E-state index contributed by atoms with van der Waals surface area (Å²) in [6, 6.07) is 8.77. The van der Waals surface area contributed by atoms with Crippen LogP contribution < -0.4 is 14.8 Å². The number of rotatable bonds is 6. The minimum atomic E-state index is -5.18. The molecule has 0 bridgehead atoms. The van der Waals surface area contributed by atoms with Crippen molar-refractivity contribution in [1.29, 1.82) is 10.7 Å². The van der Waals surface area contributed by atoms with Gasteiger partial charge in [0.1, 0.15) is 6.07 Å². The molecular weight excluding hydrogens is 423 g/mol. The first-order valence-corrected chi connectivity index (χ1v) is 10.8. The number of nitrogens with zero attached hydrogens (tertiary/aromatic N) is 4. The molecule has 1 fully saturated rings. The third kappa shape index (κ3) is 5.16. The molecule has 1 aromatic heterocycles. The maximum Gasteiger partial charge on any atom is 0.488 e. The van der Waals surface area contributed by atoms with Crippen LogP contribution in [0.4, 0.5) is 9.57 Å². The summed E-state index contributed by atoms with van der Waals surface area (Å²) in [5, 5.41) is 17.0. The summed E-state index contributed by atoms with van der Waals surface area (Å²) < 4.78 is 40.5. The number of aromatic nitrogens is 1. The molecular formula is C20H22FN6O3S+. The van der Waals surface area contributed by atoms with Crippen molar-refractivity contribution in [2.45, 2.75) is 12.8 Å². The van der Waals surface area contributed by atoms with Crippen LogP contribution in [-0.2, 0) is 10.5 Å². The van der Waals surface area contributed by atoms with E-state index in [-0.39, 0.29) is 11.7 Å². The summed E-state index contributed by atoms with van der Waals surface area (Å²) in [6.07, 6.45) is 5.24. The van der Waals surface area contributed by atoms with Crippen LogP contribution in [0, 0.1) is 22.7 Å². The summed E-state index contributed by atoms with van der Waals surface area (Å²) in [4.78, 5) is 6.02. The number of benzene rings is 1. The molecule has 11 heteroatoms. The van der Waals surface area contributed by atoms with Crippen molar-refractivity contribution in [1.82, 2.24) is 4.98 Å². The van der Waals surface area contributed by atoms with Gasteiger partial charge in [-0.15, -0.1) is 0 Å². The highest BCUT2D eigenvalue weighted by Gasteiger charge is 2.27. The van der Waals surface area contributed by atoms with E-state index in [1.807, 2.05) is 0 Å². The van der Waals surface area contributed by atoms with E-state index >= 15 is 0 Å². The SMILES string of the molecule is C[N+](C=N)=C(N)C1CCN(c2c(C#N)cccc2-c2cncc(OS(=O)(=O)F)c2)CC1. The van der Waals surface area contributed by atoms with Gasteiger partial charge in [-0.2, -0.15) is 19.1 Å². The molecule has 0 spiro atoms. The van der Waals surface area contributed by atoms with Crippen LogP contribution in [-0.4, -0.2) is 50.3 Å². The molecule has 0 atom stereocenters. The standard InChI is InChI=1S/C20H21FN6O3S/c1-26(13-23)20(24)14-5-7-27(8-6-14)19-15(10-22)3-2-4-18(19)16-9-17(12-25-11-16)30-31(21,28)29/h2-4,9,11-14,23-24H,5-8H2,1H3/p+1. The zero-order valence-electron chi connectivity index (χ0n) is 16.8. The Hall–Kier alpha value is -3.52. The van der Waals surface area contributed by atoms with Crippen LogP contribution in [0.2, 0.25) is 0 Å². The largest absolute Gasteiger partial charge is 0.488 e. The van der Waals surface area contributed by atoms with Gasteiger partial charge < -0.3 is 14.8 Å². The van der Waals surface area contributed by atoms with Crippen molar-refractivity contribution < 1.29 is 21.1 Å². The van der Waals surface area contributed by atoms with Crippen molar-refractivity contribution in [2.24, 2.45) is 11.7 Å². The molecule has 1 aromatic carbocycles. The first-order chi connectivity index (χ1) is 14.7. The number of piperidine rings is 1. The predicted molar refractivity (Wildman–Crippen MR) is 114 cm³/mol. The van der Waals surface area contributed by atoms with Crippen LogP contribution in [0.1, 0.15) is 18.4 Å². The number of nitriles is 1. The van der Waals surface area contributed by atoms with Crippen molar-refractivity contribution >= 4 is 28.4 Å². The second-order valence-electron chi connectivity index (χ2n) is 7.13. The average molecular weight is 446 g/mol. The fourth-order valence-corrected chi connectivity index (χ4v) is 4.02. The first-order valence-electron chi connectivity index (χ1n) is 9.46. The Kier molecular flexibility index (Phi) is 6.50. The van der Waals surface area contributed by atoms with E-state index in [0.29, 0.717) is 41.3 Å². The Morgan fingerprint density at radius 3 is 2.74 bits per heavy atom. The number of hydrogen-bond donors (Lipinski definition) is 2. The van der Waals surface area contributed by atoms with E-state index in [9.17, 15) is 17.6 Å². The van der Waals surface area contributed by atoms with Gasteiger partial charge in [0.05, 0.1) is 24.5 Å². The molecule has 0 amide bonds. The van der Waals surface area contributed by atoms with E-state index in [1.165, 1.54) is 18.6 Å². The van der Waals surface area contributed by atoms with Crippen LogP contribution in [0.3, 0.4) is 0 Å². The van der Waals surface area contributed by atoms with Crippen molar-refractivity contribution in [2.75, 3.05) is 25.0 Å². The highest BCUT2D eigenvalue weighted by molar-refractivity contribution is 7.81. The van der Waals surface area contributed by atoms with Gasteiger partial charge in [-0.05, 0) is 25.0 Å². The molecule has 3 N–H and O–H groups in total. The molecule has 0 saturated carbocycles. The van der Waals surface area contributed by atoms with Gasteiger partial charge in [0.25, 0.3) is 0 Å². The number of hydrogen-bond acceptors (Lipinski definition) is 7. The van der Waals surface area contributed by atoms with Gasteiger partial charge in [0, 0.05) is 36.3 Å². The summed E-state index contributed by atoms with van der Waals surface area (Å²) in [7, 11) is -3.45. The molecule has 0 radical (unpaired) electrons. The van der Waals surface area contributed by atoms with Gasteiger partial charge in [0.15, 0.2) is 11.6 Å². The normalized spacial score (nSPS) is 15.7. The Bertz CT molecular complexity index is 1170. The third-order valence-corrected chi connectivity index (χ3v) is 5.60. The molecule has 3 rings (SSSR count). The van der Waals surface area contributed by atoms with Crippen LogP contribution >= 0.6 is 0 Å². The smallest absolute Gasteiger partial charge is 0.370 e. The number of pyridine rings is 1. The van der Waals surface area contributed by atoms with E-state index < -0.39 is 10.5 Å². The minimum Gasteiger partial charge on any atom is -0.370 e. The Balaban J connectivity index is 1.96. The predicted octanol–water partition coefficient (Wildman–Crippen LogP) is 2.04. The Labute approximate surface area is 180 Å². The fraction of sp³-hybridized carbons (Fsp3) is 0.300. The molecule has 31 heavy (non-hydrogen) atoms. The second-order valence-corrected chi connectivity index (χ2v) is 8.08. The summed E-state index contributed by atoms with van der Waals surface area (Å²) in [5.74, 6) is 0.489. The Morgan fingerprint density at radius 2 is 2.13 bits per heavy atom. The van der Waals surface area contributed by atoms with Gasteiger partial charge in [0.2, 0.25) is 6.34 Å². The number of nitrogens with one attached hydrogen (secondary N) is 1. The van der Waals surface area contributed by atoms with Crippen LogP contribution in [0.25, 0.3) is 11.1 Å². The maximum atomic E-state index is 12.9. The lowest BCUT2D eigenvalue weighted by atomic mass is 9.93. The molecule has 0 unspecified atom stereocenters. The molecule has 9 nitrogen and oxygen atoms in total. The lowest BCUT2D eigenvalue weighted by Gasteiger charge is -2.34. The van der Waals surface area contributed by atoms with Gasteiger partial charge in [-0.25, -0.2) is 4.58 Å². The highest BCUT2D eigenvalue weighted by Crippen LogP contribution is 2.37. The summed E-state index contributed by atoms with van der Waals surface area (Å²) >= 11 is 0. The van der Waals surface area contributed by atoms with Crippen molar-refractivity contribution in [3.63, 3.8) is 0 Å². The zero-order chi connectivity index (χ0) is 22.6. The average Bonchev–Trinajstić information content (AvgIpc) is 2.76. The monoisotopic (exact) mass is 445 g/mol. The number of amidine groups is 1. The second kappa shape index (κ2) is 9.09. The Morgan fingerprint density at radius 1 is 1.42 bits per heavy atom. The molecule has 1 aliphatic heterocycles. The topological polar surface area (TPSA) is 136 Å².